The van der Waals surface area contributed by atoms with E-state index in [0.717, 1.165) is 17.9 Å². The number of carbonyl (C=O) groups is 1. The van der Waals surface area contributed by atoms with E-state index < -0.39 is 0 Å². The molecule has 0 bridgehead atoms. The van der Waals surface area contributed by atoms with Crippen molar-refractivity contribution in [2.24, 2.45) is 0 Å². The van der Waals surface area contributed by atoms with Crippen LogP contribution in [0.1, 0.15) is 20.3 Å². The van der Waals surface area contributed by atoms with Crippen molar-refractivity contribution < 1.29 is 9.53 Å². The van der Waals surface area contributed by atoms with Crippen LogP contribution >= 0.6 is 0 Å². The van der Waals surface area contributed by atoms with Gasteiger partial charge in [-0.3, -0.25) is 4.79 Å². The first-order valence-electron chi connectivity index (χ1n) is 6.00. The van der Waals surface area contributed by atoms with Crippen molar-refractivity contribution in [1.82, 2.24) is 5.32 Å². The molecule has 0 spiro atoms. The minimum atomic E-state index is -0.00171. The molecule has 1 aromatic rings. The van der Waals surface area contributed by atoms with Gasteiger partial charge in [-0.05, 0) is 25.5 Å². The Morgan fingerprint density at radius 2 is 2.06 bits per heavy atom. The van der Waals surface area contributed by atoms with Gasteiger partial charge in [0.15, 0.2) is 0 Å². The number of carbonyl (C=O) groups excluding carboxylic acids is 1. The van der Waals surface area contributed by atoms with E-state index in [0.29, 0.717) is 13.2 Å². The second-order valence-electron chi connectivity index (χ2n) is 3.63. The minimum absolute atomic E-state index is 0.00171. The summed E-state index contributed by atoms with van der Waals surface area (Å²) in [5.41, 5.74) is 0.848. The number of ether oxygens (including phenoxy) is 1. The monoisotopic (exact) mass is 236 g/mol. The Hall–Kier alpha value is -1.71. The fraction of sp³-hybridized carbons (Fsp3) is 0.462. The predicted molar refractivity (Wildman–Crippen MR) is 69.4 cm³/mol. The van der Waals surface area contributed by atoms with Crippen LogP contribution in [0.2, 0.25) is 0 Å². The van der Waals surface area contributed by atoms with Crippen LogP contribution in [0, 0.1) is 0 Å². The highest BCUT2D eigenvalue weighted by atomic mass is 16.5. The quantitative estimate of drug-likeness (QED) is 0.761. The van der Waals surface area contributed by atoms with Crippen molar-refractivity contribution in [3.05, 3.63) is 24.3 Å². The number of nitrogens with one attached hydrogen (secondary N) is 2. The molecule has 0 atom stereocenters. The van der Waals surface area contributed by atoms with E-state index in [4.69, 9.17) is 4.74 Å². The topological polar surface area (TPSA) is 50.4 Å². The van der Waals surface area contributed by atoms with Crippen LogP contribution < -0.4 is 15.4 Å². The SMILES string of the molecule is CCCNC(=O)CNc1ccccc1OCC. The van der Waals surface area contributed by atoms with Gasteiger partial charge in [0.2, 0.25) is 5.91 Å². The van der Waals surface area contributed by atoms with Gasteiger partial charge in [0.25, 0.3) is 0 Å². The highest BCUT2D eigenvalue weighted by Crippen LogP contribution is 2.23. The van der Waals surface area contributed by atoms with Gasteiger partial charge < -0.3 is 15.4 Å². The van der Waals surface area contributed by atoms with E-state index in [9.17, 15) is 4.79 Å². The highest BCUT2D eigenvalue weighted by molar-refractivity contribution is 5.81. The number of hydrogen-bond donors (Lipinski definition) is 2. The normalized spacial score (nSPS) is 9.76. The summed E-state index contributed by atoms with van der Waals surface area (Å²) >= 11 is 0. The van der Waals surface area contributed by atoms with Gasteiger partial charge in [0.1, 0.15) is 5.75 Å². The molecule has 94 valence electrons. The van der Waals surface area contributed by atoms with Gasteiger partial charge in [0.05, 0.1) is 18.8 Å². The maximum atomic E-state index is 11.4. The lowest BCUT2D eigenvalue weighted by atomic mass is 10.3. The van der Waals surface area contributed by atoms with E-state index >= 15 is 0 Å². The Morgan fingerprint density at radius 1 is 1.29 bits per heavy atom. The predicted octanol–water partition coefficient (Wildman–Crippen LogP) is 2.02. The number of hydrogen-bond acceptors (Lipinski definition) is 3. The van der Waals surface area contributed by atoms with Gasteiger partial charge in [0, 0.05) is 6.54 Å². The van der Waals surface area contributed by atoms with Gasteiger partial charge in [-0.2, -0.15) is 0 Å². The zero-order valence-corrected chi connectivity index (χ0v) is 10.5. The molecule has 0 aliphatic rings. The zero-order chi connectivity index (χ0) is 12.5. The van der Waals surface area contributed by atoms with E-state index in [1.807, 2.05) is 38.1 Å². The standard InChI is InChI=1S/C13H20N2O2/c1-3-9-14-13(16)10-15-11-7-5-6-8-12(11)17-4-2/h5-8,15H,3-4,9-10H2,1-2H3,(H,14,16). The van der Waals surface area contributed by atoms with Crippen molar-refractivity contribution in [2.75, 3.05) is 25.0 Å². The summed E-state index contributed by atoms with van der Waals surface area (Å²) in [5.74, 6) is 0.774. The molecule has 2 N–H and O–H groups in total. The van der Waals surface area contributed by atoms with Gasteiger partial charge >= 0.3 is 0 Å². The van der Waals surface area contributed by atoms with E-state index in [1.54, 1.807) is 0 Å². The molecular weight excluding hydrogens is 216 g/mol. The van der Waals surface area contributed by atoms with Crippen molar-refractivity contribution in [3.63, 3.8) is 0 Å². The van der Waals surface area contributed by atoms with E-state index in [2.05, 4.69) is 10.6 Å². The average molecular weight is 236 g/mol. The summed E-state index contributed by atoms with van der Waals surface area (Å²) in [6, 6.07) is 7.61. The molecule has 0 radical (unpaired) electrons. The van der Waals surface area contributed by atoms with Crippen molar-refractivity contribution in [3.8, 4) is 5.75 Å². The lowest BCUT2D eigenvalue weighted by Gasteiger charge is -2.11. The summed E-state index contributed by atoms with van der Waals surface area (Å²) in [6.45, 7) is 5.56. The summed E-state index contributed by atoms with van der Waals surface area (Å²) < 4.78 is 5.46. The lowest BCUT2D eigenvalue weighted by Crippen LogP contribution is -2.30. The molecule has 0 aromatic heterocycles. The molecule has 0 heterocycles. The third-order valence-electron chi connectivity index (χ3n) is 2.20. The largest absolute Gasteiger partial charge is 0.492 e. The molecule has 4 heteroatoms. The van der Waals surface area contributed by atoms with Crippen molar-refractivity contribution in [1.29, 1.82) is 0 Å². The molecule has 0 fully saturated rings. The first-order valence-corrected chi connectivity index (χ1v) is 6.00. The Balaban J connectivity index is 2.47. The number of anilines is 1. The minimum Gasteiger partial charge on any atom is -0.492 e. The Bertz CT molecular complexity index is 353. The smallest absolute Gasteiger partial charge is 0.239 e. The van der Waals surface area contributed by atoms with Crippen LogP contribution in [0.4, 0.5) is 5.69 Å². The van der Waals surface area contributed by atoms with Gasteiger partial charge in [-0.15, -0.1) is 0 Å². The second kappa shape index (κ2) is 7.54. The molecule has 0 saturated heterocycles. The first-order chi connectivity index (χ1) is 8.27. The van der Waals surface area contributed by atoms with Crippen LogP contribution in [-0.4, -0.2) is 25.6 Å². The molecule has 0 aliphatic carbocycles. The first kappa shape index (κ1) is 13.4. The van der Waals surface area contributed by atoms with Gasteiger partial charge in [-0.1, -0.05) is 19.1 Å². The Kier molecular flexibility index (Phi) is 5.93. The number of amides is 1. The lowest BCUT2D eigenvalue weighted by molar-refractivity contribution is -0.119. The molecule has 1 amide bonds. The molecule has 0 saturated carbocycles. The summed E-state index contributed by atoms with van der Waals surface area (Å²) in [4.78, 5) is 11.4. The van der Waals surface area contributed by atoms with Crippen LogP contribution in [0.15, 0.2) is 24.3 Å². The van der Waals surface area contributed by atoms with Crippen LogP contribution in [0.5, 0.6) is 5.75 Å². The number of para-hydroxylation sites is 2. The molecular formula is C13H20N2O2. The van der Waals surface area contributed by atoms with Crippen molar-refractivity contribution in [2.45, 2.75) is 20.3 Å². The molecule has 1 aromatic carbocycles. The van der Waals surface area contributed by atoms with E-state index in [-0.39, 0.29) is 12.5 Å². The maximum absolute atomic E-state index is 11.4. The summed E-state index contributed by atoms with van der Waals surface area (Å²) in [6.07, 6.45) is 0.946. The fourth-order valence-electron chi connectivity index (χ4n) is 1.40. The Morgan fingerprint density at radius 3 is 2.76 bits per heavy atom. The molecule has 17 heavy (non-hydrogen) atoms. The maximum Gasteiger partial charge on any atom is 0.239 e. The van der Waals surface area contributed by atoms with Crippen LogP contribution in [0.25, 0.3) is 0 Å². The highest BCUT2D eigenvalue weighted by Gasteiger charge is 2.04. The third-order valence-corrected chi connectivity index (χ3v) is 2.20. The summed E-state index contributed by atoms with van der Waals surface area (Å²) in [5, 5.41) is 5.88. The van der Waals surface area contributed by atoms with E-state index in [1.165, 1.54) is 0 Å². The molecule has 0 unspecified atom stereocenters. The van der Waals surface area contributed by atoms with Crippen LogP contribution in [0.3, 0.4) is 0 Å². The van der Waals surface area contributed by atoms with Crippen molar-refractivity contribution >= 4 is 11.6 Å². The number of benzene rings is 1. The second-order valence-corrected chi connectivity index (χ2v) is 3.63. The summed E-state index contributed by atoms with van der Waals surface area (Å²) in [7, 11) is 0. The molecule has 0 aliphatic heterocycles. The Labute approximate surface area is 102 Å². The van der Waals surface area contributed by atoms with Gasteiger partial charge in [-0.25, -0.2) is 0 Å². The number of rotatable bonds is 7. The van der Waals surface area contributed by atoms with Crippen LogP contribution in [-0.2, 0) is 4.79 Å². The average Bonchev–Trinajstić information content (AvgIpc) is 2.35. The molecule has 1 rings (SSSR count). The molecule has 4 nitrogen and oxygen atoms in total. The fourth-order valence-corrected chi connectivity index (χ4v) is 1.40. The third kappa shape index (κ3) is 4.76. The zero-order valence-electron chi connectivity index (χ0n) is 10.5.